The van der Waals surface area contributed by atoms with Crippen molar-refractivity contribution in [2.24, 2.45) is 0 Å². The number of ether oxygens (including phenoxy) is 1. The molecule has 0 aliphatic heterocycles. The molecule has 6 nitrogen and oxygen atoms in total. The van der Waals surface area contributed by atoms with Gasteiger partial charge in [0.05, 0.1) is 6.61 Å². The molecular formula is C15H20Cl2N2O4. The summed E-state index contributed by atoms with van der Waals surface area (Å²) < 4.78 is 5.08. The summed E-state index contributed by atoms with van der Waals surface area (Å²) >= 11 is 11.9. The van der Waals surface area contributed by atoms with Gasteiger partial charge in [0.2, 0.25) is 5.91 Å². The van der Waals surface area contributed by atoms with E-state index in [0.29, 0.717) is 11.3 Å². The van der Waals surface area contributed by atoms with Gasteiger partial charge in [-0.1, -0.05) is 23.2 Å². The topological polar surface area (TPSA) is 87.7 Å². The highest BCUT2D eigenvalue weighted by molar-refractivity contribution is 6.36. The third kappa shape index (κ3) is 6.25. The van der Waals surface area contributed by atoms with Gasteiger partial charge in [-0.2, -0.15) is 0 Å². The molecule has 1 atom stereocenters. The van der Waals surface area contributed by atoms with E-state index in [9.17, 15) is 9.59 Å². The van der Waals surface area contributed by atoms with E-state index in [0.717, 1.165) is 0 Å². The monoisotopic (exact) mass is 362 g/mol. The zero-order valence-corrected chi connectivity index (χ0v) is 14.9. The average Bonchev–Trinajstić information content (AvgIpc) is 2.35. The van der Waals surface area contributed by atoms with Crippen molar-refractivity contribution in [1.29, 1.82) is 0 Å². The van der Waals surface area contributed by atoms with Crippen LogP contribution in [0, 0.1) is 0 Å². The van der Waals surface area contributed by atoms with Crippen molar-refractivity contribution in [2.45, 2.75) is 45.9 Å². The number of carbonyl (C=O) groups is 2. The molecule has 2 amide bonds. The van der Waals surface area contributed by atoms with E-state index >= 15 is 0 Å². The van der Waals surface area contributed by atoms with Crippen LogP contribution in [-0.2, 0) is 16.1 Å². The highest BCUT2D eigenvalue weighted by atomic mass is 35.5. The lowest BCUT2D eigenvalue weighted by Crippen LogP contribution is -2.43. The minimum atomic E-state index is -0.820. The molecule has 0 saturated carbocycles. The van der Waals surface area contributed by atoms with E-state index in [1.165, 1.54) is 19.1 Å². The van der Waals surface area contributed by atoms with E-state index in [-0.39, 0.29) is 16.7 Å². The lowest BCUT2D eigenvalue weighted by molar-refractivity contribution is -0.117. The Morgan fingerprint density at radius 2 is 1.78 bits per heavy atom. The molecule has 1 aromatic rings. The predicted molar refractivity (Wildman–Crippen MR) is 89.8 cm³/mol. The van der Waals surface area contributed by atoms with Crippen LogP contribution in [0.4, 0.5) is 10.5 Å². The van der Waals surface area contributed by atoms with Crippen molar-refractivity contribution in [3.8, 4) is 0 Å². The summed E-state index contributed by atoms with van der Waals surface area (Å²) in [6.07, 6.45) is -0.688. The van der Waals surface area contributed by atoms with Crippen LogP contribution in [0.1, 0.15) is 33.3 Å². The molecule has 3 N–H and O–H groups in total. The Hall–Kier alpha value is -1.50. The quantitative estimate of drug-likeness (QED) is 0.766. The number of benzene rings is 1. The molecule has 0 fully saturated rings. The van der Waals surface area contributed by atoms with Crippen LogP contribution < -0.4 is 10.6 Å². The van der Waals surface area contributed by atoms with E-state index in [2.05, 4.69) is 10.6 Å². The second kappa shape index (κ2) is 7.86. The summed E-state index contributed by atoms with van der Waals surface area (Å²) in [5, 5.41) is 14.6. The van der Waals surface area contributed by atoms with E-state index in [1.807, 2.05) is 0 Å². The van der Waals surface area contributed by atoms with Crippen molar-refractivity contribution >= 4 is 40.9 Å². The van der Waals surface area contributed by atoms with Crippen LogP contribution in [0.25, 0.3) is 0 Å². The Morgan fingerprint density at radius 1 is 1.26 bits per heavy atom. The minimum absolute atomic E-state index is 0.239. The van der Waals surface area contributed by atoms with Gasteiger partial charge in [0.1, 0.15) is 11.6 Å². The fourth-order valence-corrected chi connectivity index (χ4v) is 2.23. The SMILES string of the molecule is C[C@H](NC(=O)OC(C)(C)C)C(=O)Nc1cc(Cl)c(CO)c(Cl)c1. The number of anilines is 1. The number of halogens is 2. The summed E-state index contributed by atoms with van der Waals surface area (Å²) in [4.78, 5) is 23.7. The van der Waals surface area contributed by atoms with Gasteiger partial charge in [-0.3, -0.25) is 4.79 Å². The molecule has 0 radical (unpaired) electrons. The number of nitrogens with one attached hydrogen (secondary N) is 2. The zero-order chi connectivity index (χ0) is 17.8. The van der Waals surface area contributed by atoms with Crippen LogP contribution in [-0.4, -0.2) is 28.7 Å². The maximum absolute atomic E-state index is 12.1. The van der Waals surface area contributed by atoms with Crippen molar-refractivity contribution in [2.75, 3.05) is 5.32 Å². The number of rotatable bonds is 4. The van der Waals surface area contributed by atoms with Crippen LogP contribution in [0.2, 0.25) is 10.0 Å². The molecule has 128 valence electrons. The molecule has 0 aliphatic carbocycles. The standard InChI is InChI=1S/C15H20Cl2N2O4/c1-8(18-14(22)23-15(2,3)4)13(21)19-9-5-11(16)10(7-20)12(17)6-9/h5-6,8,20H,7H2,1-4H3,(H,18,22)(H,19,21)/t8-/m0/s1. The number of carbonyl (C=O) groups excluding carboxylic acids is 2. The van der Waals surface area contributed by atoms with Crippen molar-refractivity contribution in [1.82, 2.24) is 5.32 Å². The third-order valence-electron chi connectivity index (χ3n) is 2.69. The van der Waals surface area contributed by atoms with Crippen LogP contribution >= 0.6 is 23.2 Å². The first kappa shape index (κ1) is 19.5. The number of hydrogen-bond acceptors (Lipinski definition) is 4. The smallest absolute Gasteiger partial charge is 0.408 e. The summed E-state index contributed by atoms with van der Waals surface area (Å²) in [5.41, 5.74) is 0.0906. The molecule has 0 bridgehead atoms. The minimum Gasteiger partial charge on any atom is -0.444 e. The van der Waals surface area contributed by atoms with E-state index in [4.69, 9.17) is 33.0 Å². The molecule has 0 heterocycles. The second-order valence-corrected chi connectivity index (χ2v) is 6.75. The van der Waals surface area contributed by atoms with Gasteiger partial charge in [0, 0.05) is 21.3 Å². The second-order valence-electron chi connectivity index (χ2n) is 5.93. The number of hydrogen-bond donors (Lipinski definition) is 3. The summed E-state index contributed by atoms with van der Waals surface area (Å²) in [7, 11) is 0. The number of aliphatic hydroxyl groups excluding tert-OH is 1. The Labute approximate surface area is 145 Å². The molecule has 8 heteroatoms. The number of alkyl carbamates (subject to hydrolysis) is 1. The first-order valence-corrected chi connectivity index (χ1v) is 7.68. The fourth-order valence-electron chi connectivity index (χ4n) is 1.63. The molecule has 0 aliphatic rings. The predicted octanol–water partition coefficient (Wildman–Crippen LogP) is 3.34. The maximum atomic E-state index is 12.1. The maximum Gasteiger partial charge on any atom is 0.408 e. The fraction of sp³-hybridized carbons (Fsp3) is 0.467. The highest BCUT2D eigenvalue weighted by Gasteiger charge is 2.21. The first-order chi connectivity index (χ1) is 10.5. The molecular weight excluding hydrogens is 343 g/mol. The molecule has 1 aromatic carbocycles. The summed E-state index contributed by atoms with van der Waals surface area (Å²) in [6, 6.07) is 2.12. The van der Waals surface area contributed by atoms with Gasteiger partial charge in [-0.05, 0) is 39.8 Å². The Kier molecular flexibility index (Phi) is 6.68. The largest absolute Gasteiger partial charge is 0.444 e. The Balaban J connectivity index is 2.71. The van der Waals surface area contributed by atoms with Gasteiger partial charge >= 0.3 is 6.09 Å². The molecule has 0 saturated heterocycles. The molecule has 23 heavy (non-hydrogen) atoms. The number of amides is 2. The van der Waals surface area contributed by atoms with Gasteiger partial charge in [-0.15, -0.1) is 0 Å². The van der Waals surface area contributed by atoms with Crippen LogP contribution in [0.3, 0.4) is 0 Å². The number of aliphatic hydroxyl groups is 1. The van der Waals surface area contributed by atoms with Crippen LogP contribution in [0.15, 0.2) is 12.1 Å². The van der Waals surface area contributed by atoms with Gasteiger partial charge in [0.25, 0.3) is 0 Å². The van der Waals surface area contributed by atoms with Crippen LogP contribution in [0.5, 0.6) is 0 Å². The van der Waals surface area contributed by atoms with Gasteiger partial charge in [-0.25, -0.2) is 4.79 Å². The normalized spacial score (nSPS) is 12.5. The Bertz CT molecular complexity index is 577. The molecule has 0 spiro atoms. The zero-order valence-electron chi connectivity index (χ0n) is 13.4. The lowest BCUT2D eigenvalue weighted by atomic mass is 10.2. The highest BCUT2D eigenvalue weighted by Crippen LogP contribution is 2.29. The van der Waals surface area contributed by atoms with E-state index in [1.54, 1.807) is 20.8 Å². The van der Waals surface area contributed by atoms with Crippen molar-refractivity contribution in [3.05, 3.63) is 27.7 Å². The Morgan fingerprint density at radius 3 is 2.22 bits per heavy atom. The van der Waals surface area contributed by atoms with Gasteiger partial charge < -0.3 is 20.5 Å². The lowest BCUT2D eigenvalue weighted by Gasteiger charge is -2.21. The van der Waals surface area contributed by atoms with E-state index < -0.39 is 23.6 Å². The molecule has 0 unspecified atom stereocenters. The molecule has 0 aromatic heterocycles. The first-order valence-electron chi connectivity index (χ1n) is 6.92. The van der Waals surface area contributed by atoms with Crippen molar-refractivity contribution in [3.63, 3.8) is 0 Å². The summed E-state index contributed by atoms with van der Waals surface area (Å²) in [5.74, 6) is -0.459. The molecule has 1 rings (SSSR count). The summed E-state index contributed by atoms with van der Waals surface area (Å²) in [6.45, 7) is 6.39. The van der Waals surface area contributed by atoms with Gasteiger partial charge in [0.15, 0.2) is 0 Å². The third-order valence-corrected chi connectivity index (χ3v) is 3.37. The van der Waals surface area contributed by atoms with Crippen molar-refractivity contribution < 1.29 is 19.4 Å². The average molecular weight is 363 g/mol.